The summed E-state index contributed by atoms with van der Waals surface area (Å²) in [5.74, 6) is 2.85. The van der Waals surface area contributed by atoms with Gasteiger partial charge in [0.05, 0.1) is 12.8 Å². The molecule has 1 aliphatic carbocycles. The third kappa shape index (κ3) is 2.94. The topological polar surface area (TPSA) is 44.8 Å². The van der Waals surface area contributed by atoms with Gasteiger partial charge in [-0.3, -0.25) is 0 Å². The summed E-state index contributed by atoms with van der Waals surface area (Å²) in [4.78, 5) is 16.8. The molecule has 2 aliphatic heterocycles. The quantitative estimate of drug-likeness (QED) is 0.914. The Hall–Kier alpha value is -1.91. The first kappa shape index (κ1) is 16.6. The molecule has 0 radical (unpaired) electrons. The van der Waals surface area contributed by atoms with E-state index in [-0.39, 0.29) is 6.03 Å². The zero-order chi connectivity index (χ0) is 17.6. The Morgan fingerprint density at radius 1 is 1.24 bits per heavy atom. The summed E-state index contributed by atoms with van der Waals surface area (Å²) in [6.07, 6.45) is 1.11. The maximum Gasteiger partial charge on any atom is 0.317 e. The number of hydrogen-bond acceptors (Lipinski definition) is 3. The fraction of sp³-hybridized carbons (Fsp3) is 0.650. The maximum atomic E-state index is 12.4. The molecule has 3 fully saturated rings. The van der Waals surface area contributed by atoms with Crippen LogP contribution in [0.2, 0.25) is 0 Å². The van der Waals surface area contributed by atoms with E-state index in [1.54, 1.807) is 7.11 Å². The lowest BCUT2D eigenvalue weighted by molar-refractivity contribution is 0.194. The number of likely N-dealkylation sites (tertiary alicyclic amines) is 1. The lowest BCUT2D eigenvalue weighted by Crippen LogP contribution is -2.42. The average molecular weight is 343 g/mol. The number of amides is 2. The van der Waals surface area contributed by atoms with Crippen molar-refractivity contribution in [1.82, 2.24) is 10.2 Å². The molecule has 1 N–H and O–H groups in total. The van der Waals surface area contributed by atoms with Crippen molar-refractivity contribution in [3.63, 3.8) is 0 Å². The Morgan fingerprint density at radius 3 is 2.68 bits per heavy atom. The molecule has 3 atom stereocenters. The summed E-state index contributed by atoms with van der Waals surface area (Å²) in [5.41, 5.74) is 1.61. The molecule has 5 nitrogen and oxygen atoms in total. The SMILES string of the molecule is COc1ccccc1N1CC[C@H](CNC(=O)N2C[C@@H]3[C@@H](C2)C3(C)C)C1. The Morgan fingerprint density at radius 2 is 1.96 bits per heavy atom. The lowest BCUT2D eigenvalue weighted by Gasteiger charge is -2.24. The number of anilines is 1. The van der Waals surface area contributed by atoms with Crippen LogP contribution in [0.4, 0.5) is 10.5 Å². The van der Waals surface area contributed by atoms with Gasteiger partial charge in [-0.15, -0.1) is 0 Å². The molecule has 2 amide bonds. The van der Waals surface area contributed by atoms with Crippen molar-refractivity contribution < 1.29 is 9.53 Å². The molecule has 0 aromatic heterocycles. The molecule has 5 heteroatoms. The molecule has 0 bridgehead atoms. The number of carbonyl (C=O) groups is 1. The van der Waals surface area contributed by atoms with E-state index in [1.807, 2.05) is 23.1 Å². The van der Waals surface area contributed by atoms with Crippen molar-refractivity contribution in [2.75, 3.05) is 44.7 Å². The molecule has 1 saturated carbocycles. The lowest BCUT2D eigenvalue weighted by atomic mass is 10.1. The minimum Gasteiger partial charge on any atom is -0.495 e. The molecule has 2 saturated heterocycles. The van der Waals surface area contributed by atoms with Crippen LogP contribution in [-0.2, 0) is 0 Å². The normalized spacial score (nSPS) is 29.5. The molecular weight excluding hydrogens is 314 g/mol. The van der Waals surface area contributed by atoms with E-state index in [4.69, 9.17) is 4.74 Å². The Balaban J connectivity index is 1.26. The van der Waals surface area contributed by atoms with Gasteiger partial charge in [-0.1, -0.05) is 26.0 Å². The van der Waals surface area contributed by atoms with Crippen LogP contribution in [0.5, 0.6) is 5.75 Å². The number of fused-ring (bicyclic) bond motifs is 1. The van der Waals surface area contributed by atoms with Gasteiger partial charge in [-0.25, -0.2) is 4.79 Å². The Kier molecular flexibility index (Phi) is 4.05. The van der Waals surface area contributed by atoms with Crippen molar-refractivity contribution in [3.05, 3.63) is 24.3 Å². The standard InChI is InChI=1S/C20H29N3O2/c1-20(2)15-12-23(13-16(15)20)19(24)21-10-14-8-9-22(11-14)17-6-4-5-7-18(17)25-3/h4-7,14-16H,8-13H2,1-3H3,(H,21,24)/t14-,15-,16-/m1/s1. The first-order valence-corrected chi connectivity index (χ1v) is 9.41. The molecule has 0 unspecified atom stereocenters. The highest BCUT2D eigenvalue weighted by molar-refractivity contribution is 5.75. The van der Waals surface area contributed by atoms with E-state index < -0.39 is 0 Å². The first-order chi connectivity index (χ1) is 12.0. The molecule has 1 aromatic rings. The number of urea groups is 1. The second-order valence-electron chi connectivity index (χ2n) is 8.40. The summed E-state index contributed by atoms with van der Waals surface area (Å²) < 4.78 is 5.47. The highest BCUT2D eigenvalue weighted by Crippen LogP contribution is 2.61. The number of ether oxygens (including phenoxy) is 1. The van der Waals surface area contributed by atoms with Crippen LogP contribution < -0.4 is 15.0 Å². The monoisotopic (exact) mass is 343 g/mol. The summed E-state index contributed by atoms with van der Waals surface area (Å²) in [7, 11) is 1.72. The molecule has 2 heterocycles. The molecule has 3 aliphatic rings. The predicted molar refractivity (Wildman–Crippen MR) is 99.0 cm³/mol. The van der Waals surface area contributed by atoms with Gasteiger partial charge < -0.3 is 19.9 Å². The minimum atomic E-state index is 0.124. The zero-order valence-corrected chi connectivity index (χ0v) is 15.5. The fourth-order valence-electron chi connectivity index (χ4n) is 4.75. The van der Waals surface area contributed by atoms with E-state index in [2.05, 4.69) is 30.1 Å². The van der Waals surface area contributed by atoms with Gasteiger partial charge in [0.15, 0.2) is 0 Å². The molecule has 1 aromatic carbocycles. The third-order valence-corrected chi connectivity index (χ3v) is 6.66. The van der Waals surface area contributed by atoms with Gasteiger partial charge in [-0.05, 0) is 41.7 Å². The van der Waals surface area contributed by atoms with Crippen LogP contribution in [0, 0.1) is 23.2 Å². The number of benzene rings is 1. The van der Waals surface area contributed by atoms with Crippen molar-refractivity contribution in [2.24, 2.45) is 23.2 Å². The fourth-order valence-corrected chi connectivity index (χ4v) is 4.75. The summed E-state index contributed by atoms with van der Waals surface area (Å²) in [5, 5.41) is 3.16. The van der Waals surface area contributed by atoms with E-state index in [0.717, 1.165) is 50.6 Å². The number of rotatable bonds is 4. The van der Waals surface area contributed by atoms with Crippen molar-refractivity contribution in [1.29, 1.82) is 0 Å². The Labute approximate surface area is 150 Å². The second-order valence-corrected chi connectivity index (χ2v) is 8.40. The van der Waals surface area contributed by atoms with Crippen LogP contribution in [0.25, 0.3) is 0 Å². The summed E-state index contributed by atoms with van der Waals surface area (Å²) in [6.45, 7) is 9.26. The van der Waals surface area contributed by atoms with Gasteiger partial charge in [0.1, 0.15) is 5.75 Å². The number of piperidine rings is 1. The number of methoxy groups -OCH3 is 1. The van der Waals surface area contributed by atoms with Gasteiger partial charge in [0, 0.05) is 32.7 Å². The smallest absolute Gasteiger partial charge is 0.317 e. The van der Waals surface area contributed by atoms with Crippen LogP contribution >= 0.6 is 0 Å². The molecule has 0 spiro atoms. The average Bonchev–Trinajstić information content (AvgIpc) is 3.09. The van der Waals surface area contributed by atoms with E-state index in [0.29, 0.717) is 23.2 Å². The highest BCUT2D eigenvalue weighted by atomic mass is 16.5. The van der Waals surface area contributed by atoms with Gasteiger partial charge in [0.2, 0.25) is 0 Å². The van der Waals surface area contributed by atoms with Crippen molar-refractivity contribution in [2.45, 2.75) is 20.3 Å². The third-order valence-electron chi connectivity index (χ3n) is 6.66. The zero-order valence-electron chi connectivity index (χ0n) is 15.5. The number of carbonyl (C=O) groups excluding carboxylic acids is 1. The van der Waals surface area contributed by atoms with Gasteiger partial charge >= 0.3 is 6.03 Å². The van der Waals surface area contributed by atoms with Gasteiger partial charge in [-0.2, -0.15) is 0 Å². The number of para-hydroxylation sites is 2. The van der Waals surface area contributed by atoms with Gasteiger partial charge in [0.25, 0.3) is 0 Å². The highest BCUT2D eigenvalue weighted by Gasteiger charge is 2.62. The van der Waals surface area contributed by atoms with Crippen LogP contribution in [-0.4, -0.2) is 50.8 Å². The molecule has 4 rings (SSSR count). The summed E-state index contributed by atoms with van der Waals surface area (Å²) in [6, 6.07) is 8.28. The van der Waals surface area contributed by atoms with Crippen LogP contribution in [0.1, 0.15) is 20.3 Å². The molecular formula is C20H29N3O2. The van der Waals surface area contributed by atoms with Crippen LogP contribution in [0.3, 0.4) is 0 Å². The van der Waals surface area contributed by atoms with E-state index in [9.17, 15) is 4.79 Å². The summed E-state index contributed by atoms with van der Waals surface area (Å²) >= 11 is 0. The number of nitrogens with zero attached hydrogens (tertiary/aromatic N) is 2. The first-order valence-electron chi connectivity index (χ1n) is 9.41. The maximum absolute atomic E-state index is 12.4. The van der Waals surface area contributed by atoms with Crippen molar-refractivity contribution in [3.8, 4) is 5.75 Å². The predicted octanol–water partition coefficient (Wildman–Crippen LogP) is 2.82. The Bertz CT molecular complexity index is 646. The molecule has 136 valence electrons. The van der Waals surface area contributed by atoms with E-state index in [1.165, 1.54) is 0 Å². The minimum absolute atomic E-state index is 0.124. The number of nitrogens with one attached hydrogen (secondary N) is 1. The van der Waals surface area contributed by atoms with Crippen LogP contribution in [0.15, 0.2) is 24.3 Å². The van der Waals surface area contributed by atoms with E-state index >= 15 is 0 Å². The number of hydrogen-bond donors (Lipinski definition) is 1. The largest absolute Gasteiger partial charge is 0.495 e. The van der Waals surface area contributed by atoms with Crippen molar-refractivity contribution >= 4 is 11.7 Å². The second kappa shape index (κ2) is 6.11. The molecule has 25 heavy (non-hydrogen) atoms.